The standard InChI is InChI=1S/C13H11ClN4/c1-7-8(3-2-4-9(7)14)12-16-10-5-6-11(15)17-13(10)18-12/h2-6H,1H3,(H3,15,16,17,18). The molecule has 1 aromatic carbocycles. The zero-order valence-corrected chi connectivity index (χ0v) is 10.5. The van der Waals surface area contributed by atoms with Gasteiger partial charge >= 0.3 is 0 Å². The average molecular weight is 259 g/mol. The fourth-order valence-corrected chi connectivity index (χ4v) is 2.07. The molecule has 0 unspecified atom stereocenters. The quantitative estimate of drug-likeness (QED) is 0.704. The lowest BCUT2D eigenvalue weighted by Crippen LogP contribution is -1.88. The van der Waals surface area contributed by atoms with Crippen molar-refractivity contribution in [1.82, 2.24) is 15.0 Å². The van der Waals surface area contributed by atoms with Crippen molar-refractivity contribution in [2.24, 2.45) is 0 Å². The largest absolute Gasteiger partial charge is 0.384 e. The van der Waals surface area contributed by atoms with Gasteiger partial charge in [-0.15, -0.1) is 0 Å². The number of rotatable bonds is 1. The summed E-state index contributed by atoms with van der Waals surface area (Å²) in [7, 11) is 0. The number of hydrogen-bond acceptors (Lipinski definition) is 3. The lowest BCUT2D eigenvalue weighted by Gasteiger charge is -2.03. The van der Waals surface area contributed by atoms with Crippen LogP contribution in [0.25, 0.3) is 22.6 Å². The Labute approximate surface area is 109 Å². The van der Waals surface area contributed by atoms with Crippen molar-refractivity contribution in [3.05, 3.63) is 40.9 Å². The number of anilines is 1. The Balaban J connectivity index is 2.22. The van der Waals surface area contributed by atoms with Crippen LogP contribution in [0.3, 0.4) is 0 Å². The lowest BCUT2D eigenvalue weighted by molar-refractivity contribution is 1.29. The fraction of sp³-hybridized carbons (Fsp3) is 0.0769. The van der Waals surface area contributed by atoms with Crippen molar-refractivity contribution < 1.29 is 0 Å². The summed E-state index contributed by atoms with van der Waals surface area (Å²) < 4.78 is 0. The number of nitrogens with zero attached hydrogens (tertiary/aromatic N) is 2. The number of nitrogens with two attached hydrogens (primary N) is 1. The smallest absolute Gasteiger partial charge is 0.180 e. The number of H-pyrrole nitrogens is 1. The fourth-order valence-electron chi connectivity index (χ4n) is 1.90. The van der Waals surface area contributed by atoms with Gasteiger partial charge in [-0.25, -0.2) is 9.97 Å². The maximum atomic E-state index is 6.11. The van der Waals surface area contributed by atoms with Crippen LogP contribution < -0.4 is 5.73 Å². The molecule has 2 heterocycles. The average Bonchev–Trinajstić information content (AvgIpc) is 2.75. The van der Waals surface area contributed by atoms with Gasteiger partial charge < -0.3 is 10.7 Å². The number of benzene rings is 1. The summed E-state index contributed by atoms with van der Waals surface area (Å²) in [5.74, 6) is 1.21. The molecule has 0 saturated heterocycles. The Kier molecular flexibility index (Phi) is 2.45. The Hall–Kier alpha value is -2.07. The van der Waals surface area contributed by atoms with E-state index in [4.69, 9.17) is 17.3 Å². The van der Waals surface area contributed by atoms with E-state index in [1.807, 2.05) is 31.2 Å². The highest BCUT2D eigenvalue weighted by atomic mass is 35.5. The van der Waals surface area contributed by atoms with Gasteiger partial charge in [0.2, 0.25) is 0 Å². The van der Waals surface area contributed by atoms with E-state index >= 15 is 0 Å². The molecule has 0 bridgehead atoms. The summed E-state index contributed by atoms with van der Waals surface area (Å²) in [5, 5.41) is 0.723. The zero-order chi connectivity index (χ0) is 12.7. The number of fused-ring (bicyclic) bond motifs is 1. The number of nitrogens with one attached hydrogen (secondary N) is 1. The van der Waals surface area contributed by atoms with Gasteiger partial charge in [-0.2, -0.15) is 0 Å². The van der Waals surface area contributed by atoms with Crippen molar-refractivity contribution in [2.45, 2.75) is 6.92 Å². The molecule has 0 atom stereocenters. The summed E-state index contributed by atoms with van der Waals surface area (Å²) in [6.45, 7) is 1.96. The Morgan fingerprint density at radius 1 is 1.17 bits per heavy atom. The van der Waals surface area contributed by atoms with Crippen LogP contribution in [0.15, 0.2) is 30.3 Å². The molecule has 3 aromatic rings. The number of hydrogen-bond donors (Lipinski definition) is 2. The predicted octanol–water partition coefficient (Wildman–Crippen LogP) is 3.17. The van der Waals surface area contributed by atoms with Gasteiger partial charge in [-0.3, -0.25) is 0 Å². The minimum absolute atomic E-state index is 0.461. The minimum atomic E-state index is 0.461. The van der Waals surface area contributed by atoms with E-state index in [-0.39, 0.29) is 0 Å². The van der Waals surface area contributed by atoms with Gasteiger partial charge in [0, 0.05) is 10.6 Å². The Bertz CT molecular complexity index is 733. The second-order valence-electron chi connectivity index (χ2n) is 4.11. The molecular weight excluding hydrogens is 248 g/mol. The third kappa shape index (κ3) is 1.71. The van der Waals surface area contributed by atoms with Crippen LogP contribution >= 0.6 is 11.6 Å². The van der Waals surface area contributed by atoms with E-state index in [9.17, 15) is 0 Å². The molecule has 0 aliphatic carbocycles. The first-order valence-corrected chi connectivity index (χ1v) is 5.90. The normalized spacial score (nSPS) is 11.0. The SMILES string of the molecule is Cc1c(Cl)cccc1-c1nc2nc(N)ccc2[nH]1. The number of aromatic nitrogens is 3. The number of imidazole rings is 1. The highest BCUT2D eigenvalue weighted by Gasteiger charge is 2.10. The van der Waals surface area contributed by atoms with E-state index in [0.717, 1.165) is 27.5 Å². The molecule has 0 amide bonds. The second kappa shape index (κ2) is 3.99. The molecule has 0 radical (unpaired) electrons. The summed E-state index contributed by atoms with van der Waals surface area (Å²) in [6.07, 6.45) is 0. The number of pyridine rings is 1. The van der Waals surface area contributed by atoms with E-state index in [2.05, 4.69) is 15.0 Å². The number of halogens is 1. The van der Waals surface area contributed by atoms with Crippen LogP contribution in [0.5, 0.6) is 0 Å². The van der Waals surface area contributed by atoms with Crippen molar-refractivity contribution in [1.29, 1.82) is 0 Å². The molecule has 3 rings (SSSR count). The van der Waals surface area contributed by atoms with Gasteiger partial charge in [0.05, 0.1) is 5.52 Å². The van der Waals surface area contributed by atoms with E-state index < -0.39 is 0 Å². The molecule has 0 aliphatic heterocycles. The monoisotopic (exact) mass is 258 g/mol. The van der Waals surface area contributed by atoms with Crippen LogP contribution in [-0.2, 0) is 0 Å². The van der Waals surface area contributed by atoms with Gasteiger partial charge in [0.25, 0.3) is 0 Å². The topological polar surface area (TPSA) is 67.6 Å². The second-order valence-corrected chi connectivity index (χ2v) is 4.51. The maximum absolute atomic E-state index is 6.11. The molecule has 5 heteroatoms. The lowest BCUT2D eigenvalue weighted by atomic mass is 10.1. The van der Waals surface area contributed by atoms with Crippen LogP contribution in [0.1, 0.15) is 5.56 Å². The summed E-state index contributed by atoms with van der Waals surface area (Å²) in [6, 6.07) is 9.35. The molecule has 3 N–H and O–H groups in total. The molecule has 4 nitrogen and oxygen atoms in total. The first-order valence-electron chi connectivity index (χ1n) is 5.53. The van der Waals surface area contributed by atoms with E-state index in [0.29, 0.717) is 11.5 Å². The molecule has 0 saturated carbocycles. The van der Waals surface area contributed by atoms with Crippen molar-refractivity contribution in [3.8, 4) is 11.4 Å². The number of aromatic amines is 1. The molecule has 0 aliphatic rings. The van der Waals surface area contributed by atoms with Crippen molar-refractivity contribution in [3.63, 3.8) is 0 Å². The summed E-state index contributed by atoms with van der Waals surface area (Å²) in [4.78, 5) is 11.8. The first-order chi connectivity index (χ1) is 8.65. The minimum Gasteiger partial charge on any atom is -0.384 e. The molecule has 18 heavy (non-hydrogen) atoms. The zero-order valence-electron chi connectivity index (χ0n) is 9.74. The molecular formula is C13H11ClN4. The van der Waals surface area contributed by atoms with Crippen LogP contribution in [0, 0.1) is 6.92 Å². The van der Waals surface area contributed by atoms with Gasteiger partial charge in [-0.05, 0) is 30.7 Å². The third-order valence-electron chi connectivity index (χ3n) is 2.89. The van der Waals surface area contributed by atoms with Gasteiger partial charge in [0.15, 0.2) is 5.65 Å². The highest BCUT2D eigenvalue weighted by Crippen LogP contribution is 2.27. The third-order valence-corrected chi connectivity index (χ3v) is 3.30. The van der Waals surface area contributed by atoms with Gasteiger partial charge in [0.1, 0.15) is 11.6 Å². The van der Waals surface area contributed by atoms with E-state index in [1.165, 1.54) is 0 Å². The molecule has 2 aromatic heterocycles. The van der Waals surface area contributed by atoms with Gasteiger partial charge in [-0.1, -0.05) is 23.7 Å². The summed E-state index contributed by atoms with van der Waals surface area (Å²) >= 11 is 6.11. The Morgan fingerprint density at radius 3 is 2.83 bits per heavy atom. The number of nitrogen functional groups attached to an aromatic ring is 1. The van der Waals surface area contributed by atoms with Crippen molar-refractivity contribution in [2.75, 3.05) is 5.73 Å². The predicted molar refractivity (Wildman–Crippen MR) is 73.5 cm³/mol. The first kappa shape index (κ1) is 11.0. The summed E-state index contributed by atoms with van der Waals surface area (Å²) in [5.41, 5.74) is 9.08. The van der Waals surface area contributed by atoms with Crippen LogP contribution in [0.2, 0.25) is 5.02 Å². The Morgan fingerprint density at radius 2 is 2.00 bits per heavy atom. The van der Waals surface area contributed by atoms with Crippen molar-refractivity contribution >= 4 is 28.6 Å². The molecule has 0 fully saturated rings. The van der Waals surface area contributed by atoms with Crippen LogP contribution in [0.4, 0.5) is 5.82 Å². The van der Waals surface area contributed by atoms with E-state index in [1.54, 1.807) is 6.07 Å². The highest BCUT2D eigenvalue weighted by molar-refractivity contribution is 6.31. The maximum Gasteiger partial charge on any atom is 0.180 e. The van der Waals surface area contributed by atoms with Crippen LogP contribution in [-0.4, -0.2) is 15.0 Å². The molecule has 0 spiro atoms. The molecule has 90 valence electrons.